The van der Waals surface area contributed by atoms with Gasteiger partial charge in [0.25, 0.3) is 5.56 Å². The molecule has 6 nitrogen and oxygen atoms in total. The first kappa shape index (κ1) is 12.4. The maximum atomic E-state index is 12.2. The van der Waals surface area contributed by atoms with Gasteiger partial charge < -0.3 is 14.5 Å². The molecule has 1 aromatic carbocycles. The Hall–Kier alpha value is -2.08. The Morgan fingerprint density at radius 1 is 1.28 bits per heavy atom. The van der Waals surface area contributed by atoms with Crippen LogP contribution >= 0.6 is 0 Å². The van der Waals surface area contributed by atoms with Gasteiger partial charge in [-0.3, -0.25) is 9.36 Å². The largest absolute Gasteiger partial charge is 0.495 e. The molecule has 0 bridgehead atoms. The number of ether oxygens (including phenoxy) is 2. The zero-order chi connectivity index (χ0) is 13.1. The van der Waals surface area contributed by atoms with Crippen molar-refractivity contribution in [2.45, 2.75) is 6.54 Å². The van der Waals surface area contributed by atoms with E-state index in [9.17, 15) is 9.59 Å². The second-order valence-electron chi connectivity index (χ2n) is 3.76. The van der Waals surface area contributed by atoms with Gasteiger partial charge in [-0.25, -0.2) is 4.79 Å². The van der Waals surface area contributed by atoms with Crippen molar-refractivity contribution in [3.63, 3.8) is 0 Å². The quantitative estimate of drug-likeness (QED) is 0.849. The molecule has 2 aromatic rings. The fraction of sp³-hybridized carbons (Fsp3) is 0.333. The number of benzene rings is 1. The highest BCUT2D eigenvalue weighted by atomic mass is 16.5. The van der Waals surface area contributed by atoms with Crippen molar-refractivity contribution in [2.75, 3.05) is 20.8 Å². The highest BCUT2D eigenvalue weighted by Crippen LogP contribution is 2.19. The third kappa shape index (κ3) is 2.02. The van der Waals surface area contributed by atoms with Gasteiger partial charge in [0.1, 0.15) is 5.75 Å². The molecule has 0 fully saturated rings. The van der Waals surface area contributed by atoms with Gasteiger partial charge in [0.2, 0.25) is 0 Å². The second-order valence-corrected chi connectivity index (χ2v) is 3.76. The number of aromatic amines is 1. The minimum Gasteiger partial charge on any atom is -0.495 e. The number of H-pyrrole nitrogens is 1. The van der Waals surface area contributed by atoms with E-state index in [-0.39, 0.29) is 12.1 Å². The Bertz CT molecular complexity index is 672. The van der Waals surface area contributed by atoms with Gasteiger partial charge in [-0.15, -0.1) is 0 Å². The summed E-state index contributed by atoms with van der Waals surface area (Å²) in [6.07, 6.45) is 0. The predicted molar refractivity (Wildman–Crippen MR) is 67.3 cm³/mol. The van der Waals surface area contributed by atoms with E-state index < -0.39 is 5.69 Å². The van der Waals surface area contributed by atoms with Crippen molar-refractivity contribution in [2.24, 2.45) is 0 Å². The third-order valence-corrected chi connectivity index (χ3v) is 2.72. The van der Waals surface area contributed by atoms with Gasteiger partial charge in [-0.1, -0.05) is 6.07 Å². The van der Waals surface area contributed by atoms with Crippen LogP contribution in [0, 0.1) is 0 Å². The first-order valence-corrected chi connectivity index (χ1v) is 5.48. The molecular weight excluding hydrogens is 236 g/mol. The van der Waals surface area contributed by atoms with E-state index in [2.05, 4.69) is 4.98 Å². The van der Waals surface area contributed by atoms with Crippen molar-refractivity contribution in [3.05, 3.63) is 39.0 Å². The van der Waals surface area contributed by atoms with Gasteiger partial charge in [-0.2, -0.15) is 0 Å². The van der Waals surface area contributed by atoms with E-state index in [0.29, 0.717) is 23.3 Å². The van der Waals surface area contributed by atoms with E-state index in [0.717, 1.165) is 4.57 Å². The molecule has 0 radical (unpaired) electrons. The summed E-state index contributed by atoms with van der Waals surface area (Å²) in [7, 11) is 3.01. The highest BCUT2D eigenvalue weighted by molar-refractivity contribution is 5.83. The second kappa shape index (κ2) is 5.05. The lowest BCUT2D eigenvalue weighted by atomic mass is 10.2. The zero-order valence-corrected chi connectivity index (χ0v) is 10.2. The fourth-order valence-electron chi connectivity index (χ4n) is 1.81. The fourth-order valence-corrected chi connectivity index (χ4v) is 1.81. The molecule has 0 saturated heterocycles. The lowest BCUT2D eigenvalue weighted by molar-refractivity contribution is 0.185. The van der Waals surface area contributed by atoms with Gasteiger partial charge in [0, 0.05) is 7.11 Å². The Morgan fingerprint density at radius 2 is 2.06 bits per heavy atom. The molecule has 0 amide bonds. The minimum atomic E-state index is -0.464. The van der Waals surface area contributed by atoms with Crippen LogP contribution in [-0.2, 0) is 11.3 Å². The van der Waals surface area contributed by atoms with Crippen LogP contribution in [0.2, 0.25) is 0 Å². The van der Waals surface area contributed by atoms with Crippen LogP contribution in [0.5, 0.6) is 5.75 Å². The molecule has 0 aliphatic heterocycles. The Morgan fingerprint density at radius 3 is 2.72 bits per heavy atom. The van der Waals surface area contributed by atoms with Crippen molar-refractivity contribution in [3.8, 4) is 5.75 Å². The molecule has 0 spiro atoms. The topological polar surface area (TPSA) is 73.3 Å². The number of aromatic nitrogens is 2. The smallest absolute Gasteiger partial charge is 0.329 e. The predicted octanol–water partition coefficient (Wildman–Crippen LogP) is 0.345. The maximum absolute atomic E-state index is 12.2. The summed E-state index contributed by atoms with van der Waals surface area (Å²) in [5.74, 6) is 0.473. The molecule has 0 aliphatic carbocycles. The molecule has 0 atom stereocenters. The Kier molecular flexibility index (Phi) is 3.47. The number of nitrogens with zero attached hydrogens (tertiary/aromatic N) is 1. The van der Waals surface area contributed by atoms with E-state index >= 15 is 0 Å². The van der Waals surface area contributed by atoms with Gasteiger partial charge >= 0.3 is 5.69 Å². The van der Waals surface area contributed by atoms with Crippen LogP contribution in [0.3, 0.4) is 0 Å². The number of hydrogen-bond donors (Lipinski definition) is 1. The lowest BCUT2D eigenvalue weighted by Crippen LogP contribution is -2.36. The molecule has 1 heterocycles. The van der Waals surface area contributed by atoms with Gasteiger partial charge in [0.05, 0.1) is 31.2 Å². The maximum Gasteiger partial charge on any atom is 0.329 e. The average molecular weight is 250 g/mol. The van der Waals surface area contributed by atoms with Crippen molar-refractivity contribution in [1.82, 2.24) is 9.55 Å². The summed E-state index contributed by atoms with van der Waals surface area (Å²) in [4.78, 5) is 26.6. The summed E-state index contributed by atoms with van der Waals surface area (Å²) in [5, 5.41) is 0.421. The molecule has 96 valence electrons. The summed E-state index contributed by atoms with van der Waals surface area (Å²) in [6.45, 7) is 0.524. The first-order chi connectivity index (χ1) is 8.69. The van der Waals surface area contributed by atoms with E-state index in [1.54, 1.807) is 18.2 Å². The van der Waals surface area contributed by atoms with Crippen LogP contribution in [-0.4, -0.2) is 30.4 Å². The minimum absolute atomic E-state index is 0.220. The number of hydrogen-bond acceptors (Lipinski definition) is 4. The molecule has 1 N–H and O–H groups in total. The van der Waals surface area contributed by atoms with Gasteiger partial charge in [0.15, 0.2) is 0 Å². The first-order valence-electron chi connectivity index (χ1n) is 5.48. The van der Waals surface area contributed by atoms with E-state index in [1.165, 1.54) is 14.2 Å². The molecule has 0 saturated carbocycles. The Labute approximate surface area is 103 Å². The number of fused-ring (bicyclic) bond motifs is 1. The van der Waals surface area contributed by atoms with E-state index in [1.807, 2.05) is 0 Å². The molecular formula is C12H14N2O4. The van der Waals surface area contributed by atoms with E-state index in [4.69, 9.17) is 9.47 Å². The highest BCUT2D eigenvalue weighted by Gasteiger charge is 2.10. The molecule has 6 heteroatoms. The zero-order valence-electron chi connectivity index (χ0n) is 10.2. The summed E-state index contributed by atoms with van der Waals surface area (Å²) in [5.41, 5.74) is -0.387. The molecule has 2 rings (SSSR count). The van der Waals surface area contributed by atoms with Crippen molar-refractivity contribution < 1.29 is 9.47 Å². The number of nitrogens with one attached hydrogen (secondary N) is 1. The SMILES string of the molecule is COCCn1c(=O)[nH]c2c(OC)cccc2c1=O. The third-order valence-electron chi connectivity index (χ3n) is 2.72. The molecule has 1 aromatic heterocycles. The van der Waals surface area contributed by atoms with Crippen LogP contribution in [0.4, 0.5) is 0 Å². The normalized spacial score (nSPS) is 10.8. The van der Waals surface area contributed by atoms with Gasteiger partial charge in [-0.05, 0) is 12.1 Å². The lowest BCUT2D eigenvalue weighted by Gasteiger charge is -2.08. The number of rotatable bonds is 4. The Balaban J connectivity index is 2.72. The summed E-state index contributed by atoms with van der Waals surface area (Å²) >= 11 is 0. The average Bonchev–Trinajstić information content (AvgIpc) is 2.38. The van der Waals surface area contributed by atoms with Crippen LogP contribution in [0.15, 0.2) is 27.8 Å². The number of methoxy groups -OCH3 is 2. The standard InChI is InChI=1S/C12H14N2O4/c1-17-7-6-14-11(15)8-4-3-5-9(18-2)10(8)13-12(14)16/h3-5H,6-7H2,1-2H3,(H,13,16). The molecule has 0 aliphatic rings. The van der Waals surface area contributed by atoms with Crippen LogP contribution in [0.1, 0.15) is 0 Å². The molecule has 0 unspecified atom stereocenters. The summed E-state index contributed by atoms with van der Waals surface area (Å²) in [6, 6.07) is 5.05. The molecule has 18 heavy (non-hydrogen) atoms. The van der Waals surface area contributed by atoms with Crippen molar-refractivity contribution >= 4 is 10.9 Å². The monoisotopic (exact) mass is 250 g/mol. The van der Waals surface area contributed by atoms with Crippen LogP contribution in [0.25, 0.3) is 10.9 Å². The summed E-state index contributed by atoms with van der Waals surface area (Å²) < 4.78 is 11.1. The van der Waals surface area contributed by atoms with Crippen molar-refractivity contribution in [1.29, 1.82) is 0 Å². The number of para-hydroxylation sites is 1. The van der Waals surface area contributed by atoms with Crippen LogP contribution < -0.4 is 16.0 Å².